The number of hydrogen-bond donors (Lipinski definition) is 1. The smallest absolute Gasteiger partial charge is 0.115 e. The summed E-state index contributed by atoms with van der Waals surface area (Å²) >= 11 is 0. The van der Waals surface area contributed by atoms with E-state index in [2.05, 4.69) is 32.9 Å². The molecule has 0 radical (unpaired) electrons. The third-order valence-corrected chi connectivity index (χ3v) is 7.67. The lowest BCUT2D eigenvalue weighted by atomic mass is 9.48. The highest BCUT2D eigenvalue weighted by Gasteiger charge is 2.51. The molecule has 0 bridgehead atoms. The molecule has 0 amide bonds. The molecule has 1 atom stereocenters. The molecule has 0 saturated heterocycles. The van der Waals surface area contributed by atoms with Gasteiger partial charge in [-0.2, -0.15) is 0 Å². The average Bonchev–Trinajstić information content (AvgIpc) is 2.71. The molecule has 1 fully saturated rings. The summed E-state index contributed by atoms with van der Waals surface area (Å²) in [5, 5.41) is 9.93. The van der Waals surface area contributed by atoms with Gasteiger partial charge in [-0.25, -0.2) is 0 Å². The Kier molecular flexibility index (Phi) is 9.89. The molecule has 160 valence electrons. The predicted octanol–water partition coefficient (Wildman–Crippen LogP) is 8.93. The molecule has 1 N–H and O–H groups in total. The van der Waals surface area contributed by atoms with Gasteiger partial charge in [-0.1, -0.05) is 104 Å². The number of rotatable bonds is 13. The van der Waals surface area contributed by atoms with Crippen LogP contribution >= 0.6 is 0 Å². The fourth-order valence-electron chi connectivity index (χ4n) is 6.12. The van der Waals surface area contributed by atoms with Crippen LogP contribution in [0.15, 0.2) is 24.3 Å². The van der Waals surface area contributed by atoms with E-state index < -0.39 is 0 Å². The van der Waals surface area contributed by atoms with E-state index in [-0.39, 0.29) is 0 Å². The van der Waals surface area contributed by atoms with Crippen LogP contribution in [0.4, 0.5) is 0 Å². The molecule has 0 aliphatic heterocycles. The maximum Gasteiger partial charge on any atom is 0.115 e. The Morgan fingerprint density at radius 1 is 0.679 bits per heavy atom. The number of phenolic OH excluding ortho intramolecular Hbond substituents is 1. The summed E-state index contributed by atoms with van der Waals surface area (Å²) in [7, 11) is 0. The van der Waals surface area contributed by atoms with Gasteiger partial charge in [0.25, 0.3) is 0 Å². The zero-order valence-corrected chi connectivity index (χ0v) is 19.1. The zero-order valence-electron chi connectivity index (χ0n) is 19.1. The first kappa shape index (κ1) is 23.3. The summed E-state index contributed by atoms with van der Waals surface area (Å²) in [6, 6.07) is 8.41. The van der Waals surface area contributed by atoms with E-state index in [1.165, 1.54) is 108 Å². The second-order valence-corrected chi connectivity index (χ2v) is 9.49. The molecular weight excluding hydrogens is 340 g/mol. The van der Waals surface area contributed by atoms with Gasteiger partial charge in [-0.05, 0) is 55.2 Å². The molecule has 1 aliphatic rings. The minimum Gasteiger partial charge on any atom is -0.508 e. The van der Waals surface area contributed by atoms with Gasteiger partial charge in [-0.3, -0.25) is 0 Å². The van der Waals surface area contributed by atoms with Gasteiger partial charge in [0.05, 0.1) is 0 Å². The van der Waals surface area contributed by atoms with Crippen LogP contribution in [0.2, 0.25) is 0 Å². The number of unbranched alkanes of at least 4 members (excludes halogenated alkanes) is 6. The maximum atomic E-state index is 9.93. The van der Waals surface area contributed by atoms with Crippen molar-refractivity contribution in [1.29, 1.82) is 0 Å². The van der Waals surface area contributed by atoms with Crippen LogP contribution in [-0.2, 0) is 5.41 Å². The summed E-state index contributed by atoms with van der Waals surface area (Å²) in [5.41, 5.74) is 2.30. The van der Waals surface area contributed by atoms with Crippen LogP contribution in [0.1, 0.15) is 129 Å². The van der Waals surface area contributed by atoms with E-state index in [1.54, 1.807) is 0 Å². The fourth-order valence-corrected chi connectivity index (χ4v) is 6.12. The quantitative estimate of drug-likeness (QED) is 0.335. The first-order valence-electron chi connectivity index (χ1n) is 12.4. The third kappa shape index (κ3) is 5.55. The maximum absolute atomic E-state index is 9.93. The summed E-state index contributed by atoms with van der Waals surface area (Å²) in [6.07, 6.45) is 21.8. The van der Waals surface area contributed by atoms with Crippen molar-refractivity contribution in [2.45, 2.75) is 129 Å². The van der Waals surface area contributed by atoms with Crippen LogP contribution < -0.4 is 0 Å². The molecular formula is C27H46O. The van der Waals surface area contributed by atoms with Crippen molar-refractivity contribution >= 4 is 0 Å². The first-order valence-corrected chi connectivity index (χ1v) is 12.4. The van der Waals surface area contributed by atoms with E-state index in [4.69, 9.17) is 0 Å². The van der Waals surface area contributed by atoms with Gasteiger partial charge < -0.3 is 5.11 Å². The van der Waals surface area contributed by atoms with Crippen molar-refractivity contribution in [2.75, 3.05) is 0 Å². The summed E-state index contributed by atoms with van der Waals surface area (Å²) in [5.74, 6) is 0.408. The zero-order chi connectivity index (χ0) is 20.3. The van der Waals surface area contributed by atoms with E-state index in [0.717, 1.165) is 0 Å². The topological polar surface area (TPSA) is 20.2 Å². The van der Waals surface area contributed by atoms with Crippen LogP contribution in [-0.4, -0.2) is 5.11 Å². The highest BCUT2D eigenvalue weighted by atomic mass is 16.3. The van der Waals surface area contributed by atoms with Gasteiger partial charge in [0.2, 0.25) is 0 Å². The van der Waals surface area contributed by atoms with Crippen molar-refractivity contribution in [1.82, 2.24) is 0 Å². The van der Waals surface area contributed by atoms with Crippen molar-refractivity contribution in [3.63, 3.8) is 0 Å². The fraction of sp³-hybridized carbons (Fsp3) is 0.778. The van der Waals surface area contributed by atoms with Crippen LogP contribution in [0, 0.1) is 5.41 Å². The van der Waals surface area contributed by atoms with Crippen molar-refractivity contribution in [3.8, 4) is 5.75 Å². The second-order valence-electron chi connectivity index (χ2n) is 9.49. The summed E-state index contributed by atoms with van der Waals surface area (Å²) in [6.45, 7) is 6.99. The monoisotopic (exact) mass is 386 g/mol. The Morgan fingerprint density at radius 2 is 1.18 bits per heavy atom. The third-order valence-electron chi connectivity index (χ3n) is 7.67. The van der Waals surface area contributed by atoms with E-state index in [9.17, 15) is 5.11 Å². The minimum absolute atomic E-state index is 0.315. The molecule has 1 unspecified atom stereocenters. The predicted molar refractivity (Wildman–Crippen MR) is 123 cm³/mol. The Hall–Kier alpha value is -0.980. The molecule has 1 aromatic rings. The number of hydrogen-bond acceptors (Lipinski definition) is 1. The van der Waals surface area contributed by atoms with Crippen molar-refractivity contribution in [2.24, 2.45) is 5.41 Å². The van der Waals surface area contributed by atoms with Crippen LogP contribution in [0.3, 0.4) is 0 Å². The first-order chi connectivity index (χ1) is 13.6. The molecule has 1 saturated carbocycles. The lowest BCUT2D eigenvalue weighted by Gasteiger charge is -2.56. The van der Waals surface area contributed by atoms with Gasteiger partial charge >= 0.3 is 0 Å². The summed E-state index contributed by atoms with van der Waals surface area (Å²) in [4.78, 5) is 0. The van der Waals surface area contributed by atoms with E-state index in [1.807, 2.05) is 12.1 Å². The number of aromatic hydroxyl groups is 1. The Morgan fingerprint density at radius 3 is 1.71 bits per heavy atom. The minimum atomic E-state index is 0.315. The normalized spacial score (nSPS) is 21.7. The van der Waals surface area contributed by atoms with Gasteiger partial charge in [0, 0.05) is 5.41 Å². The SMILES string of the molecule is CCCCCC1(CCCCC)CCCCC1(CCCCC)c1ccc(O)cc1. The number of phenols is 1. The van der Waals surface area contributed by atoms with E-state index in [0.29, 0.717) is 16.6 Å². The molecule has 1 nitrogen and oxygen atoms in total. The standard InChI is InChI=1S/C27H46O/c1-4-7-10-19-26(20-11-8-5-2)21-13-14-23-27(26,22-12-9-6-3)24-15-17-25(28)18-16-24/h15-18,28H,4-14,19-23H2,1-3H3. The average molecular weight is 387 g/mol. The largest absolute Gasteiger partial charge is 0.508 e. The Labute approximate surface area is 175 Å². The Bertz CT molecular complexity index is 522. The van der Waals surface area contributed by atoms with Crippen molar-refractivity contribution < 1.29 is 5.11 Å². The van der Waals surface area contributed by atoms with E-state index >= 15 is 0 Å². The molecule has 0 spiro atoms. The molecule has 0 heterocycles. The molecule has 0 aromatic heterocycles. The molecule has 2 rings (SSSR count). The highest BCUT2D eigenvalue weighted by molar-refractivity contribution is 5.34. The van der Waals surface area contributed by atoms with Crippen LogP contribution in [0.5, 0.6) is 5.75 Å². The molecule has 1 heteroatoms. The lowest BCUT2D eigenvalue weighted by molar-refractivity contribution is 0.0205. The van der Waals surface area contributed by atoms with Crippen molar-refractivity contribution in [3.05, 3.63) is 29.8 Å². The molecule has 28 heavy (non-hydrogen) atoms. The van der Waals surface area contributed by atoms with Gasteiger partial charge in [0.1, 0.15) is 5.75 Å². The van der Waals surface area contributed by atoms with Gasteiger partial charge in [-0.15, -0.1) is 0 Å². The van der Waals surface area contributed by atoms with Crippen LogP contribution in [0.25, 0.3) is 0 Å². The molecule has 1 aromatic carbocycles. The number of benzene rings is 1. The second kappa shape index (κ2) is 11.9. The van der Waals surface area contributed by atoms with Gasteiger partial charge in [0.15, 0.2) is 0 Å². The lowest BCUT2D eigenvalue weighted by Crippen LogP contribution is -2.48. The summed E-state index contributed by atoms with van der Waals surface area (Å²) < 4.78 is 0. The Balaban J connectivity index is 2.44. The molecule has 1 aliphatic carbocycles. The highest BCUT2D eigenvalue weighted by Crippen LogP contribution is 2.60.